The van der Waals surface area contributed by atoms with Crippen LogP contribution in [0.15, 0.2) is 18.2 Å². The van der Waals surface area contributed by atoms with E-state index in [4.69, 9.17) is 0 Å². The number of fused-ring (bicyclic) bond motifs is 5. The predicted molar refractivity (Wildman–Crippen MR) is 92.5 cm³/mol. The highest BCUT2D eigenvalue weighted by Gasteiger charge is 2.56. The van der Waals surface area contributed by atoms with Crippen molar-refractivity contribution in [2.45, 2.75) is 70.8 Å². The molecule has 23 heavy (non-hydrogen) atoms. The van der Waals surface area contributed by atoms with Crippen LogP contribution < -0.4 is 0 Å². The first kappa shape index (κ1) is 15.5. The molecule has 6 atom stereocenters. The average Bonchev–Trinajstić information content (AvgIpc) is 2.90. The van der Waals surface area contributed by atoms with Crippen molar-refractivity contribution in [2.75, 3.05) is 0 Å². The van der Waals surface area contributed by atoms with E-state index >= 15 is 0 Å². The number of benzene rings is 1. The second kappa shape index (κ2) is 5.51. The van der Waals surface area contributed by atoms with E-state index in [9.17, 15) is 10.2 Å². The van der Waals surface area contributed by atoms with Gasteiger partial charge in [0.1, 0.15) is 5.75 Å². The molecule has 0 radical (unpaired) electrons. The van der Waals surface area contributed by atoms with Crippen LogP contribution in [-0.2, 0) is 6.42 Å². The summed E-state index contributed by atoms with van der Waals surface area (Å²) in [4.78, 5) is 0. The van der Waals surface area contributed by atoms with Crippen molar-refractivity contribution in [3.63, 3.8) is 0 Å². The van der Waals surface area contributed by atoms with Crippen LogP contribution in [-0.4, -0.2) is 16.3 Å². The summed E-state index contributed by atoms with van der Waals surface area (Å²) in [5, 5.41) is 20.2. The van der Waals surface area contributed by atoms with E-state index < -0.39 is 0 Å². The Labute approximate surface area is 139 Å². The molecular formula is C21H30O2. The average molecular weight is 314 g/mol. The van der Waals surface area contributed by atoms with Crippen LogP contribution in [0, 0.1) is 23.2 Å². The molecule has 2 N–H and O–H groups in total. The number of aromatic hydroxyl groups is 1. The molecule has 0 amide bonds. The summed E-state index contributed by atoms with van der Waals surface area (Å²) in [6.07, 6.45) is 8.00. The third kappa shape index (κ3) is 2.25. The second-order valence-corrected chi connectivity index (χ2v) is 8.40. The Morgan fingerprint density at radius 3 is 2.78 bits per heavy atom. The lowest BCUT2D eigenvalue weighted by molar-refractivity contribution is -0.000238. The highest BCUT2D eigenvalue weighted by molar-refractivity contribution is 5.40. The van der Waals surface area contributed by atoms with E-state index in [-0.39, 0.29) is 6.10 Å². The SMILES string of the molecule is CC[C@H]1C[C@]2(CC)C[C@@H](O)C[C@H]2[C@@H]2CCc3cc(O)ccc3[C@@H]12. The fraction of sp³-hybridized carbons (Fsp3) is 0.714. The largest absolute Gasteiger partial charge is 0.508 e. The van der Waals surface area contributed by atoms with Gasteiger partial charge in [-0.1, -0.05) is 32.8 Å². The van der Waals surface area contributed by atoms with Gasteiger partial charge in [0.15, 0.2) is 0 Å². The minimum Gasteiger partial charge on any atom is -0.508 e. The Bertz CT molecular complexity index is 596. The molecule has 126 valence electrons. The molecule has 0 bridgehead atoms. The Kier molecular flexibility index (Phi) is 3.72. The zero-order chi connectivity index (χ0) is 16.2. The Hall–Kier alpha value is -1.02. The third-order valence-electron chi connectivity index (χ3n) is 7.57. The van der Waals surface area contributed by atoms with Crippen LogP contribution in [0.1, 0.15) is 69.4 Å². The monoisotopic (exact) mass is 314 g/mol. The normalized spacial score (nSPS) is 42.0. The number of phenols is 1. The van der Waals surface area contributed by atoms with Gasteiger partial charge in [-0.15, -0.1) is 0 Å². The first-order chi connectivity index (χ1) is 11.1. The lowest BCUT2D eigenvalue weighted by atomic mass is 9.50. The van der Waals surface area contributed by atoms with E-state index in [2.05, 4.69) is 19.9 Å². The highest BCUT2D eigenvalue weighted by atomic mass is 16.3. The van der Waals surface area contributed by atoms with Gasteiger partial charge in [-0.05, 0) is 84.5 Å². The minimum atomic E-state index is -0.0857. The molecule has 0 spiro atoms. The summed E-state index contributed by atoms with van der Waals surface area (Å²) in [6.45, 7) is 4.68. The van der Waals surface area contributed by atoms with Crippen LogP contribution in [0.25, 0.3) is 0 Å². The molecule has 2 saturated carbocycles. The molecule has 0 unspecified atom stereocenters. The molecule has 1 aromatic rings. The smallest absolute Gasteiger partial charge is 0.115 e. The molecule has 2 heteroatoms. The maximum Gasteiger partial charge on any atom is 0.115 e. The molecule has 4 rings (SSSR count). The van der Waals surface area contributed by atoms with Crippen molar-refractivity contribution >= 4 is 0 Å². The van der Waals surface area contributed by atoms with Gasteiger partial charge in [-0.2, -0.15) is 0 Å². The third-order valence-corrected chi connectivity index (χ3v) is 7.57. The molecule has 0 aliphatic heterocycles. The first-order valence-electron chi connectivity index (χ1n) is 9.58. The zero-order valence-corrected chi connectivity index (χ0v) is 14.5. The molecule has 0 aromatic heterocycles. The molecule has 2 nitrogen and oxygen atoms in total. The summed E-state index contributed by atoms with van der Waals surface area (Å²) in [5.41, 5.74) is 3.25. The van der Waals surface area contributed by atoms with Crippen molar-refractivity contribution in [2.24, 2.45) is 23.2 Å². The van der Waals surface area contributed by atoms with Crippen LogP contribution in [0.5, 0.6) is 5.75 Å². The maximum absolute atomic E-state index is 10.4. The van der Waals surface area contributed by atoms with Crippen molar-refractivity contribution in [3.8, 4) is 5.75 Å². The summed E-state index contributed by atoms with van der Waals surface area (Å²) in [6, 6.07) is 6.05. The first-order valence-corrected chi connectivity index (χ1v) is 9.58. The number of aliphatic hydroxyl groups is 1. The van der Waals surface area contributed by atoms with Gasteiger partial charge in [0.05, 0.1) is 6.10 Å². The van der Waals surface area contributed by atoms with E-state index in [1.165, 1.54) is 36.8 Å². The van der Waals surface area contributed by atoms with Gasteiger partial charge in [-0.25, -0.2) is 0 Å². The lowest BCUT2D eigenvalue weighted by Gasteiger charge is -2.54. The topological polar surface area (TPSA) is 40.5 Å². The van der Waals surface area contributed by atoms with Gasteiger partial charge in [0.2, 0.25) is 0 Å². The molecule has 2 fully saturated rings. The maximum atomic E-state index is 10.4. The summed E-state index contributed by atoms with van der Waals surface area (Å²) in [7, 11) is 0. The quantitative estimate of drug-likeness (QED) is 0.835. The number of aliphatic hydroxyl groups excluding tert-OH is 1. The van der Waals surface area contributed by atoms with Crippen molar-refractivity contribution in [1.82, 2.24) is 0 Å². The van der Waals surface area contributed by atoms with Gasteiger partial charge < -0.3 is 10.2 Å². The predicted octanol–water partition coefficient (Wildman–Crippen LogP) is 4.64. The van der Waals surface area contributed by atoms with Crippen molar-refractivity contribution in [1.29, 1.82) is 0 Å². The van der Waals surface area contributed by atoms with E-state index in [0.29, 0.717) is 23.0 Å². The number of rotatable bonds is 2. The van der Waals surface area contributed by atoms with E-state index in [0.717, 1.165) is 31.1 Å². The molecule has 3 aliphatic carbocycles. The van der Waals surface area contributed by atoms with Gasteiger partial charge in [0, 0.05) is 0 Å². The number of hydrogen-bond acceptors (Lipinski definition) is 2. The number of aryl methyl sites for hydroxylation is 1. The van der Waals surface area contributed by atoms with Crippen LogP contribution in [0.3, 0.4) is 0 Å². The fourth-order valence-electron chi connectivity index (χ4n) is 6.63. The van der Waals surface area contributed by atoms with Gasteiger partial charge in [0.25, 0.3) is 0 Å². The molecule has 1 aromatic carbocycles. The number of phenolic OH excluding ortho intramolecular Hbond substituents is 1. The molecule has 0 saturated heterocycles. The van der Waals surface area contributed by atoms with E-state index in [1.54, 1.807) is 0 Å². The van der Waals surface area contributed by atoms with E-state index in [1.807, 2.05) is 12.1 Å². The zero-order valence-electron chi connectivity index (χ0n) is 14.5. The molecule has 3 aliphatic rings. The lowest BCUT2D eigenvalue weighted by Crippen LogP contribution is -2.45. The Morgan fingerprint density at radius 2 is 2.04 bits per heavy atom. The summed E-state index contributed by atoms with van der Waals surface area (Å²) in [5.74, 6) is 3.19. The summed E-state index contributed by atoms with van der Waals surface area (Å²) < 4.78 is 0. The van der Waals surface area contributed by atoms with Crippen LogP contribution >= 0.6 is 0 Å². The Balaban J connectivity index is 1.77. The molecular weight excluding hydrogens is 284 g/mol. The van der Waals surface area contributed by atoms with Crippen molar-refractivity contribution in [3.05, 3.63) is 29.3 Å². The summed E-state index contributed by atoms with van der Waals surface area (Å²) >= 11 is 0. The minimum absolute atomic E-state index is 0.0857. The Morgan fingerprint density at radius 1 is 1.22 bits per heavy atom. The highest BCUT2D eigenvalue weighted by Crippen LogP contribution is 2.64. The molecule has 0 heterocycles. The van der Waals surface area contributed by atoms with Crippen molar-refractivity contribution < 1.29 is 10.2 Å². The van der Waals surface area contributed by atoms with Crippen LogP contribution in [0.4, 0.5) is 0 Å². The number of hydrogen-bond donors (Lipinski definition) is 2. The fourth-order valence-corrected chi connectivity index (χ4v) is 6.63. The second-order valence-electron chi connectivity index (χ2n) is 8.40. The van der Waals surface area contributed by atoms with Crippen LogP contribution in [0.2, 0.25) is 0 Å². The van der Waals surface area contributed by atoms with Gasteiger partial charge in [-0.3, -0.25) is 0 Å². The standard InChI is InChI=1S/C21H30O2/c1-3-13-11-21(4-2)12-16(23)10-19(21)18-7-5-14-9-15(22)6-8-17(14)20(13)18/h6,8-9,13,16,18-20,22-23H,3-5,7,10-12H2,1-2H3/t13-,16-,18-,19-,20+,21+/m0/s1. The van der Waals surface area contributed by atoms with Gasteiger partial charge >= 0.3 is 0 Å².